The highest BCUT2D eigenvalue weighted by atomic mass is 32.2. The first-order valence-corrected chi connectivity index (χ1v) is 20.8. The number of hydrogen-bond acceptors (Lipinski definition) is 13. The summed E-state index contributed by atoms with van der Waals surface area (Å²) in [4.78, 5) is 44.7. The number of thioether (sulfide) groups is 1. The summed E-state index contributed by atoms with van der Waals surface area (Å²) < 4.78 is 37.4. The Labute approximate surface area is 290 Å². The van der Waals surface area contributed by atoms with Crippen molar-refractivity contribution in [2.75, 3.05) is 43.3 Å². The smallest absolute Gasteiger partial charge is 0.328 e. The first-order valence-electron chi connectivity index (χ1n) is 16.1. The zero-order valence-electron chi connectivity index (χ0n) is 28.5. The minimum atomic E-state index is -3.49. The molecule has 4 aromatic heterocycles. The van der Waals surface area contributed by atoms with Crippen LogP contribution in [0, 0.1) is 6.92 Å². The molecule has 6 N–H and O–H groups in total. The molecule has 19 heteroatoms. The molecule has 16 nitrogen and oxygen atoms in total. The number of imidazole rings is 2. The number of aryl methyl sites for hydroxylation is 1. The van der Waals surface area contributed by atoms with Crippen molar-refractivity contribution in [3.8, 4) is 0 Å². The molecule has 0 saturated heterocycles. The fraction of sp³-hybridized carbons (Fsp3) is 0.533. The van der Waals surface area contributed by atoms with E-state index in [1.165, 1.54) is 11.8 Å². The average molecular weight is 739 g/mol. The standard InChI is InChI=1S/C15H24N5O3PS.C15H24N5O3P/c1-3-4-9-23-24(21,22)10-7-5-6-8-20-11-17-12-13(20)18-15(16)19-14(12)25-2;1-3-4-9-23-24(21,22)10-7-5-6-8-20-11-17-13-12(2)18-15(16)19-14(13)20/h5-6,11H,3-4,7-10H2,1-2H3,(H,21,22)(H2,16,18,19);5-6,11H,3-4,7-10H2,1-2H3,(H,21,22)(H2,16,18,19)/b2*6-5-. The highest BCUT2D eigenvalue weighted by molar-refractivity contribution is 7.98. The Balaban J connectivity index is 0.000000266. The second kappa shape index (κ2) is 19.9. The molecular weight excluding hydrogens is 690 g/mol. The molecule has 2 unspecified atom stereocenters. The molecule has 0 amide bonds. The van der Waals surface area contributed by atoms with Crippen LogP contribution in [-0.4, -0.2) is 80.6 Å². The van der Waals surface area contributed by atoms with Crippen molar-refractivity contribution < 1.29 is 28.0 Å². The Morgan fingerprint density at radius 3 is 1.73 bits per heavy atom. The van der Waals surface area contributed by atoms with Gasteiger partial charge in [-0.2, -0.15) is 9.97 Å². The van der Waals surface area contributed by atoms with Crippen LogP contribution in [-0.2, 0) is 31.3 Å². The third kappa shape index (κ3) is 13.2. The highest BCUT2D eigenvalue weighted by Gasteiger charge is 2.18. The molecule has 0 spiro atoms. The second-order valence-electron chi connectivity index (χ2n) is 11.0. The van der Waals surface area contributed by atoms with E-state index in [1.54, 1.807) is 12.7 Å². The van der Waals surface area contributed by atoms with Crippen molar-refractivity contribution in [2.45, 2.75) is 77.4 Å². The Kier molecular flexibility index (Phi) is 16.3. The van der Waals surface area contributed by atoms with Crippen molar-refractivity contribution >= 4 is 61.2 Å². The van der Waals surface area contributed by atoms with Crippen molar-refractivity contribution in [1.29, 1.82) is 0 Å². The molecule has 2 atom stereocenters. The molecule has 0 aliphatic heterocycles. The molecule has 4 aromatic rings. The van der Waals surface area contributed by atoms with Crippen LogP contribution in [0.2, 0.25) is 0 Å². The van der Waals surface area contributed by atoms with Crippen LogP contribution in [0.1, 0.15) is 58.1 Å². The van der Waals surface area contributed by atoms with Gasteiger partial charge in [0.1, 0.15) is 16.1 Å². The van der Waals surface area contributed by atoms with E-state index in [0.29, 0.717) is 50.4 Å². The number of anilines is 2. The van der Waals surface area contributed by atoms with E-state index in [1.807, 2.05) is 60.5 Å². The first kappa shape index (κ1) is 40.3. The van der Waals surface area contributed by atoms with Crippen LogP contribution in [0.5, 0.6) is 0 Å². The van der Waals surface area contributed by atoms with Crippen molar-refractivity contribution in [1.82, 2.24) is 39.0 Å². The van der Waals surface area contributed by atoms with Gasteiger partial charge in [0.05, 0.1) is 43.9 Å². The number of rotatable bonds is 19. The molecule has 0 radical (unpaired) electrons. The molecular formula is C30H48N10O6P2S. The monoisotopic (exact) mass is 738 g/mol. The molecule has 0 aromatic carbocycles. The molecule has 0 saturated carbocycles. The normalized spacial score (nSPS) is 14.4. The van der Waals surface area contributed by atoms with Crippen LogP contribution < -0.4 is 11.5 Å². The first-order chi connectivity index (χ1) is 23.4. The lowest BCUT2D eigenvalue weighted by atomic mass is 10.4. The topological polar surface area (TPSA) is 232 Å². The van der Waals surface area contributed by atoms with Gasteiger partial charge in [-0.05, 0) is 38.9 Å². The highest BCUT2D eigenvalue weighted by Crippen LogP contribution is 2.43. The van der Waals surface area contributed by atoms with Gasteiger partial charge in [-0.3, -0.25) is 9.13 Å². The van der Waals surface area contributed by atoms with E-state index in [-0.39, 0.29) is 24.2 Å². The molecule has 0 fully saturated rings. The maximum Gasteiger partial charge on any atom is 0.328 e. The predicted octanol–water partition coefficient (Wildman–Crippen LogP) is 5.74. The Morgan fingerprint density at radius 1 is 0.776 bits per heavy atom. The SMILES string of the molecule is CCCCOP(=O)(O)CC/C=C\Cn1cnc2c(C)nc(N)nc21.CCCCOP(=O)(O)CC/C=C\Cn1cnc2c(SC)nc(N)nc21. The fourth-order valence-corrected chi connectivity index (χ4v) is 6.93. The summed E-state index contributed by atoms with van der Waals surface area (Å²) in [7, 11) is -6.97. The number of allylic oxidation sites excluding steroid dienone is 4. The second-order valence-corrected chi connectivity index (χ2v) is 15.8. The maximum atomic E-state index is 11.8. The predicted molar refractivity (Wildman–Crippen MR) is 195 cm³/mol. The number of nitrogens with two attached hydrogens (primary N) is 2. The van der Waals surface area contributed by atoms with Crippen molar-refractivity contribution in [2.24, 2.45) is 0 Å². The molecule has 49 heavy (non-hydrogen) atoms. The largest absolute Gasteiger partial charge is 0.368 e. The minimum Gasteiger partial charge on any atom is -0.368 e. The van der Waals surface area contributed by atoms with Gasteiger partial charge >= 0.3 is 15.2 Å². The summed E-state index contributed by atoms with van der Waals surface area (Å²) in [5.41, 5.74) is 15.0. The van der Waals surface area contributed by atoms with Gasteiger partial charge in [0.15, 0.2) is 11.3 Å². The van der Waals surface area contributed by atoms with Gasteiger partial charge in [-0.1, -0.05) is 51.0 Å². The zero-order valence-corrected chi connectivity index (χ0v) is 31.1. The number of nitrogen functional groups attached to an aromatic ring is 2. The summed E-state index contributed by atoms with van der Waals surface area (Å²) in [6.45, 7) is 7.61. The summed E-state index contributed by atoms with van der Waals surface area (Å²) in [6, 6.07) is 0. The van der Waals surface area contributed by atoms with Crippen LogP contribution in [0.4, 0.5) is 11.9 Å². The number of fused-ring (bicyclic) bond motifs is 2. The molecule has 0 aliphatic rings. The average Bonchev–Trinajstić information content (AvgIpc) is 3.64. The molecule has 4 rings (SSSR count). The molecule has 0 aliphatic carbocycles. The van der Waals surface area contributed by atoms with Crippen LogP contribution >= 0.6 is 27.0 Å². The zero-order chi connectivity index (χ0) is 35.9. The summed E-state index contributed by atoms with van der Waals surface area (Å²) in [5.74, 6) is 0.434. The lowest BCUT2D eigenvalue weighted by Gasteiger charge is -2.10. The lowest BCUT2D eigenvalue weighted by molar-refractivity contribution is 0.254. The third-order valence-corrected chi connectivity index (χ3v) is 10.5. The van der Waals surface area contributed by atoms with E-state index in [0.717, 1.165) is 47.4 Å². The van der Waals surface area contributed by atoms with E-state index < -0.39 is 15.2 Å². The molecule has 270 valence electrons. The quantitative estimate of drug-likeness (QED) is 0.0295. The molecule has 4 heterocycles. The molecule has 0 bridgehead atoms. The van der Waals surface area contributed by atoms with Crippen molar-refractivity contribution in [3.63, 3.8) is 0 Å². The van der Waals surface area contributed by atoms with E-state index in [4.69, 9.17) is 20.5 Å². The van der Waals surface area contributed by atoms with Gasteiger partial charge in [0.2, 0.25) is 11.9 Å². The minimum absolute atomic E-state index is 0.115. The van der Waals surface area contributed by atoms with Gasteiger partial charge in [0, 0.05) is 13.1 Å². The summed E-state index contributed by atoms with van der Waals surface area (Å²) in [5, 5.41) is 0.746. The maximum absolute atomic E-state index is 11.8. The van der Waals surface area contributed by atoms with E-state index in [2.05, 4.69) is 29.9 Å². The van der Waals surface area contributed by atoms with Gasteiger partial charge in [-0.15, -0.1) is 11.8 Å². The number of unbranched alkanes of at least 4 members (excludes halogenated alkanes) is 2. The van der Waals surface area contributed by atoms with Crippen molar-refractivity contribution in [3.05, 3.63) is 42.7 Å². The lowest BCUT2D eigenvalue weighted by Crippen LogP contribution is -2.01. The van der Waals surface area contributed by atoms with E-state index >= 15 is 0 Å². The number of nitrogens with zero attached hydrogens (tertiary/aromatic N) is 8. The van der Waals surface area contributed by atoms with E-state index in [9.17, 15) is 18.9 Å². The van der Waals surface area contributed by atoms with Crippen LogP contribution in [0.3, 0.4) is 0 Å². The van der Waals surface area contributed by atoms with Gasteiger partial charge in [-0.25, -0.2) is 19.9 Å². The Hall–Kier alpha value is -3.17. The fourth-order valence-electron chi connectivity index (χ4n) is 4.37. The summed E-state index contributed by atoms with van der Waals surface area (Å²) >= 11 is 1.47. The van der Waals surface area contributed by atoms with Gasteiger partial charge < -0.3 is 39.4 Å². The number of hydrogen-bond donors (Lipinski definition) is 4. The number of aromatic nitrogens is 8. The van der Waals surface area contributed by atoms with Gasteiger partial charge in [0.25, 0.3) is 0 Å². The van der Waals surface area contributed by atoms with Crippen LogP contribution in [0.25, 0.3) is 22.3 Å². The summed E-state index contributed by atoms with van der Waals surface area (Å²) in [6.07, 6.45) is 17.4. The van der Waals surface area contributed by atoms with Crippen LogP contribution in [0.15, 0.2) is 42.0 Å². The third-order valence-electron chi connectivity index (χ3n) is 6.97. The Bertz CT molecular complexity index is 1800. The Morgan fingerprint density at radius 2 is 1.24 bits per heavy atom.